The van der Waals surface area contributed by atoms with Gasteiger partial charge in [0.2, 0.25) is 5.43 Å². The average molecular weight is 454 g/mol. The smallest absolute Gasteiger partial charge is 0.333 e. The number of carbonyl (C=O) groups is 2. The Morgan fingerprint density at radius 2 is 1.73 bits per heavy atom. The van der Waals surface area contributed by atoms with Crippen LogP contribution < -0.4 is 16.2 Å². The first-order valence-corrected chi connectivity index (χ1v) is 9.81. The van der Waals surface area contributed by atoms with Crippen molar-refractivity contribution in [3.05, 3.63) is 71.1 Å². The molecule has 170 valence electrons. The molecule has 3 aliphatic rings. The molecule has 0 unspecified atom stereocenters. The van der Waals surface area contributed by atoms with Gasteiger partial charge in [-0.15, -0.1) is 0 Å². The molecule has 0 amide bonds. The summed E-state index contributed by atoms with van der Waals surface area (Å²) >= 11 is 0. The monoisotopic (exact) mass is 454 g/mol. The minimum atomic E-state index is -2.10. The fourth-order valence-electron chi connectivity index (χ4n) is 4.65. The van der Waals surface area contributed by atoms with Crippen molar-refractivity contribution >= 4 is 22.7 Å². The summed E-state index contributed by atoms with van der Waals surface area (Å²) in [7, 11) is 0. The summed E-state index contributed by atoms with van der Waals surface area (Å²) in [6.07, 6.45) is -5.41. The number of hydrogen-bond acceptors (Lipinski definition) is 9. The molecule has 0 spiro atoms. The van der Waals surface area contributed by atoms with Crippen molar-refractivity contribution in [3.63, 3.8) is 0 Å². The molecule has 0 bridgehead atoms. The van der Waals surface area contributed by atoms with Crippen LogP contribution in [-0.4, -0.2) is 43.8 Å². The summed E-state index contributed by atoms with van der Waals surface area (Å²) in [6.45, 7) is 3.23. The van der Waals surface area contributed by atoms with Crippen LogP contribution in [0.2, 0.25) is 0 Å². The molecule has 0 aromatic heterocycles. The van der Waals surface area contributed by atoms with E-state index >= 15 is 0 Å². The summed E-state index contributed by atoms with van der Waals surface area (Å²) in [4.78, 5) is 53.4. The second-order valence-corrected chi connectivity index (χ2v) is 8.04. The molecule has 1 aromatic rings. The van der Waals surface area contributed by atoms with E-state index in [-0.39, 0.29) is 27.1 Å². The van der Waals surface area contributed by atoms with Gasteiger partial charge in [-0.05, 0) is 13.0 Å². The van der Waals surface area contributed by atoms with E-state index < -0.39 is 63.0 Å². The highest BCUT2D eigenvalue weighted by Gasteiger charge is 2.57. The standard InChI is InChI=1S/C22H18N2O9/c1-7(25)32-19-13-12-14(18(29)11-9(17(12)28)5-4-6-10(11)27)16(24-23)15(13)20(30)22(3,21(19)31)33-8(2)26/h4-6,19-21,27,30-31H,1-3H3/t19-,20+,21+,22+/m0/s1. The molecule has 33 heavy (non-hydrogen) atoms. The number of benzene rings is 1. The van der Waals surface area contributed by atoms with E-state index in [1.165, 1.54) is 25.1 Å². The van der Waals surface area contributed by atoms with Crippen molar-refractivity contribution in [2.75, 3.05) is 0 Å². The number of hydrogen-bond donors (Lipinski definition) is 3. The number of phenolic OH excluding ortho intramolecular Hbond substituents is 1. The van der Waals surface area contributed by atoms with Crippen LogP contribution >= 0.6 is 0 Å². The minimum absolute atomic E-state index is 0.163. The van der Waals surface area contributed by atoms with Gasteiger partial charge in [0.05, 0.1) is 10.9 Å². The molecule has 11 heteroatoms. The van der Waals surface area contributed by atoms with Crippen molar-refractivity contribution in [3.8, 4) is 5.75 Å². The zero-order chi connectivity index (χ0) is 24.4. The molecular weight excluding hydrogens is 436 g/mol. The molecule has 0 saturated carbocycles. The Labute approximate surface area is 184 Å². The van der Waals surface area contributed by atoms with Crippen LogP contribution in [0.3, 0.4) is 0 Å². The van der Waals surface area contributed by atoms with E-state index in [2.05, 4.69) is 4.79 Å². The number of aliphatic hydroxyl groups excluding tert-OH is 2. The van der Waals surface area contributed by atoms with E-state index in [9.17, 15) is 40.0 Å². The van der Waals surface area contributed by atoms with Crippen LogP contribution in [0.5, 0.6) is 5.75 Å². The topological polar surface area (TPSA) is 184 Å². The summed E-state index contributed by atoms with van der Waals surface area (Å²) in [5, 5.41) is 30.6. The highest BCUT2D eigenvalue weighted by atomic mass is 16.6. The first-order chi connectivity index (χ1) is 15.5. The van der Waals surface area contributed by atoms with Gasteiger partial charge >= 0.3 is 17.3 Å². The first kappa shape index (κ1) is 22.3. The van der Waals surface area contributed by atoms with Crippen molar-refractivity contribution in [2.45, 2.75) is 44.7 Å². The zero-order valence-electron chi connectivity index (χ0n) is 17.6. The number of ether oxygens (including phenoxy) is 2. The SMILES string of the molecule is CC(=O)O[C@H]1c2c(c(=[N+]=[N-])c3c(=O)c4c(O)cccc4c(=O)c2=3)[C@@H](O)[C@@](C)(OC(C)=O)[C@@H]1O. The summed E-state index contributed by atoms with van der Waals surface area (Å²) < 4.78 is 10.4. The average Bonchev–Trinajstić information content (AvgIpc) is 3.08. The van der Waals surface area contributed by atoms with Crippen LogP contribution in [0.1, 0.15) is 44.1 Å². The predicted molar refractivity (Wildman–Crippen MR) is 108 cm³/mol. The normalized spacial score (nSPS) is 24.3. The van der Waals surface area contributed by atoms with Crippen LogP contribution in [-0.2, 0) is 19.1 Å². The largest absolute Gasteiger partial charge is 0.507 e. The van der Waals surface area contributed by atoms with E-state index in [0.717, 1.165) is 13.8 Å². The minimum Gasteiger partial charge on any atom is -0.507 e. The van der Waals surface area contributed by atoms with Gasteiger partial charge in [-0.25, -0.2) is 0 Å². The van der Waals surface area contributed by atoms with E-state index in [0.29, 0.717) is 0 Å². The molecule has 4 rings (SSSR count). The van der Waals surface area contributed by atoms with Gasteiger partial charge < -0.3 is 30.3 Å². The summed E-state index contributed by atoms with van der Waals surface area (Å²) in [6, 6.07) is 3.85. The number of aliphatic hydroxyl groups is 2. The molecule has 0 heterocycles. The second kappa shape index (κ2) is 7.31. The van der Waals surface area contributed by atoms with E-state index in [4.69, 9.17) is 9.47 Å². The van der Waals surface area contributed by atoms with Gasteiger partial charge in [0.25, 0.3) is 0 Å². The van der Waals surface area contributed by atoms with E-state index in [1.54, 1.807) is 0 Å². The van der Waals surface area contributed by atoms with Crippen molar-refractivity contribution in [1.82, 2.24) is 0 Å². The molecule has 3 aliphatic carbocycles. The number of fused-ring (bicyclic) bond motifs is 3. The lowest BCUT2D eigenvalue weighted by atomic mass is 9.76. The Balaban J connectivity index is 2.31. The maximum atomic E-state index is 13.4. The second-order valence-electron chi connectivity index (χ2n) is 8.04. The fourth-order valence-corrected chi connectivity index (χ4v) is 4.65. The number of esters is 2. The Hall–Kier alpha value is -3.92. The molecule has 0 aliphatic heterocycles. The zero-order valence-corrected chi connectivity index (χ0v) is 17.6. The Morgan fingerprint density at radius 1 is 1.06 bits per heavy atom. The van der Waals surface area contributed by atoms with Crippen LogP contribution in [0, 0.1) is 10.4 Å². The molecular formula is C22H18N2O9. The quantitative estimate of drug-likeness (QED) is 0.257. The lowest BCUT2D eigenvalue weighted by Gasteiger charge is -2.44. The molecule has 1 aromatic carbocycles. The van der Waals surface area contributed by atoms with Gasteiger partial charge in [0, 0.05) is 30.0 Å². The fraction of sp³-hybridized carbons (Fsp3) is 0.318. The van der Waals surface area contributed by atoms with Gasteiger partial charge in [-0.1, -0.05) is 12.1 Å². The van der Waals surface area contributed by atoms with Gasteiger partial charge in [0.1, 0.15) is 23.2 Å². The lowest BCUT2D eigenvalue weighted by Crippen LogP contribution is -2.55. The van der Waals surface area contributed by atoms with Gasteiger partial charge in [-0.2, -0.15) is 4.79 Å². The number of nitrogens with zero attached hydrogens (tertiary/aromatic N) is 2. The first-order valence-electron chi connectivity index (χ1n) is 9.81. The summed E-state index contributed by atoms with van der Waals surface area (Å²) in [5.74, 6) is -2.25. The molecule has 3 N–H and O–H groups in total. The van der Waals surface area contributed by atoms with Gasteiger partial charge in [0.15, 0.2) is 17.1 Å². The number of rotatable bonds is 2. The van der Waals surface area contributed by atoms with Crippen molar-refractivity contribution in [2.24, 2.45) is 0 Å². The molecule has 11 nitrogen and oxygen atoms in total. The number of phenols is 1. The van der Waals surface area contributed by atoms with Crippen LogP contribution in [0.15, 0.2) is 27.8 Å². The Kier molecular flexibility index (Phi) is 4.93. The third kappa shape index (κ3) is 2.91. The Morgan fingerprint density at radius 3 is 2.30 bits per heavy atom. The van der Waals surface area contributed by atoms with Gasteiger partial charge in [-0.3, -0.25) is 19.2 Å². The number of carbonyl (C=O) groups excluding carboxylic acids is 2. The van der Waals surface area contributed by atoms with Crippen molar-refractivity contribution < 1.29 is 39.2 Å². The van der Waals surface area contributed by atoms with Crippen LogP contribution in [0.4, 0.5) is 0 Å². The third-order valence-corrected chi connectivity index (χ3v) is 6.00. The highest BCUT2D eigenvalue weighted by molar-refractivity contribution is 5.88. The predicted octanol–water partition coefficient (Wildman–Crippen LogP) is -0.669. The molecule has 0 fully saturated rings. The molecule has 0 radical (unpaired) electrons. The lowest BCUT2D eigenvalue weighted by molar-refractivity contribution is -0.218. The molecule has 0 saturated heterocycles. The third-order valence-electron chi connectivity index (χ3n) is 6.00. The maximum Gasteiger partial charge on any atom is 0.333 e. The van der Waals surface area contributed by atoms with E-state index in [1.807, 2.05) is 0 Å². The van der Waals surface area contributed by atoms with Crippen molar-refractivity contribution in [1.29, 1.82) is 0 Å². The highest BCUT2D eigenvalue weighted by Crippen LogP contribution is 2.46. The molecule has 4 atom stereocenters. The maximum absolute atomic E-state index is 13.4. The summed E-state index contributed by atoms with van der Waals surface area (Å²) in [5.41, 5.74) is 5.44. The Bertz CT molecular complexity index is 1600. The van der Waals surface area contributed by atoms with Crippen LogP contribution in [0.25, 0.3) is 16.3 Å². The number of aromatic hydroxyl groups is 1.